The maximum absolute atomic E-state index is 6.85. The summed E-state index contributed by atoms with van der Waals surface area (Å²) in [6.07, 6.45) is 8.33. The second-order valence-corrected chi connectivity index (χ2v) is 8.30. The summed E-state index contributed by atoms with van der Waals surface area (Å²) in [7, 11) is 0. The Morgan fingerprint density at radius 2 is 1.17 bits per heavy atom. The average molecular weight is 496 g/mol. The van der Waals surface area contributed by atoms with Crippen LogP contribution in [0.4, 0.5) is 0 Å². The van der Waals surface area contributed by atoms with Crippen molar-refractivity contribution in [3.05, 3.63) is 118 Å². The van der Waals surface area contributed by atoms with Gasteiger partial charge in [0.25, 0.3) is 0 Å². The topological polar surface area (TPSA) is 9.23 Å². The van der Waals surface area contributed by atoms with Crippen LogP contribution in [-0.2, 0) is 10.3 Å². The summed E-state index contributed by atoms with van der Waals surface area (Å²) >= 11 is 2.35. The van der Waals surface area contributed by atoms with Crippen molar-refractivity contribution < 1.29 is 4.74 Å². The van der Waals surface area contributed by atoms with Crippen LogP contribution in [0.3, 0.4) is 0 Å². The van der Waals surface area contributed by atoms with Crippen molar-refractivity contribution in [1.82, 2.24) is 0 Å². The summed E-state index contributed by atoms with van der Waals surface area (Å²) in [4.78, 5) is 0. The van der Waals surface area contributed by atoms with E-state index >= 15 is 0 Å². The van der Waals surface area contributed by atoms with E-state index in [9.17, 15) is 0 Å². The van der Waals surface area contributed by atoms with E-state index in [2.05, 4.69) is 127 Å². The Hall–Kier alpha value is -2.07. The van der Waals surface area contributed by atoms with Crippen LogP contribution in [0.25, 0.3) is 0 Å². The zero-order valence-corrected chi connectivity index (χ0v) is 19.2. The van der Waals surface area contributed by atoms with Crippen LogP contribution in [0, 0.1) is 0 Å². The Bertz CT molecular complexity index is 776. The fraction of sp³-hybridized carbons (Fsp3) is 0.259. The molecule has 2 heteroatoms. The zero-order valence-electron chi connectivity index (χ0n) is 17.1. The first-order valence-corrected chi connectivity index (χ1v) is 11.6. The summed E-state index contributed by atoms with van der Waals surface area (Å²) in [5, 5.41) is 0. The lowest BCUT2D eigenvalue weighted by Gasteiger charge is -2.36. The van der Waals surface area contributed by atoms with E-state index in [0.29, 0.717) is 0 Å². The molecule has 0 N–H and O–H groups in total. The smallest absolute Gasteiger partial charge is 0.185 e. The Labute approximate surface area is 189 Å². The molecule has 150 valence electrons. The SMILES string of the molecule is CCCCCC/C=C(/I)OC(c1ccccc1)(c1ccccc1)c1ccccc1. The fourth-order valence-corrected chi connectivity index (χ4v) is 4.31. The molecule has 0 amide bonds. The molecule has 29 heavy (non-hydrogen) atoms. The predicted octanol–water partition coefficient (Wildman–Crippen LogP) is 8.24. The van der Waals surface area contributed by atoms with Crippen molar-refractivity contribution in [3.63, 3.8) is 0 Å². The average Bonchev–Trinajstić information content (AvgIpc) is 2.79. The Balaban J connectivity index is 2.04. The largest absolute Gasteiger partial charge is 0.467 e. The first kappa shape index (κ1) is 21.6. The number of halogens is 1. The minimum absolute atomic E-state index is 0.680. The van der Waals surface area contributed by atoms with E-state index in [1.165, 1.54) is 25.7 Å². The second kappa shape index (κ2) is 11.2. The molecule has 0 aromatic heterocycles. The molecule has 0 aliphatic rings. The third-order valence-electron chi connectivity index (χ3n) is 5.15. The van der Waals surface area contributed by atoms with Crippen LogP contribution in [0.2, 0.25) is 0 Å². The van der Waals surface area contributed by atoms with Gasteiger partial charge in [0.15, 0.2) is 9.37 Å². The van der Waals surface area contributed by atoms with Gasteiger partial charge in [0, 0.05) is 16.7 Å². The Kier molecular flexibility index (Phi) is 8.36. The van der Waals surface area contributed by atoms with Gasteiger partial charge in [0.2, 0.25) is 0 Å². The number of ether oxygens (including phenoxy) is 1. The Morgan fingerprint density at radius 1 is 0.724 bits per heavy atom. The molecule has 0 spiro atoms. The monoisotopic (exact) mass is 496 g/mol. The maximum Gasteiger partial charge on any atom is 0.185 e. The summed E-state index contributed by atoms with van der Waals surface area (Å²) in [5.74, 6) is 0. The van der Waals surface area contributed by atoms with E-state index in [1.54, 1.807) is 0 Å². The van der Waals surface area contributed by atoms with E-state index in [4.69, 9.17) is 4.74 Å². The van der Waals surface area contributed by atoms with Crippen LogP contribution in [0.15, 0.2) is 101 Å². The second-order valence-electron chi connectivity index (χ2n) is 7.24. The van der Waals surface area contributed by atoms with Gasteiger partial charge < -0.3 is 4.74 Å². The van der Waals surface area contributed by atoms with Crippen LogP contribution < -0.4 is 0 Å². The lowest BCUT2D eigenvalue weighted by Crippen LogP contribution is -2.32. The van der Waals surface area contributed by atoms with Crippen molar-refractivity contribution in [1.29, 1.82) is 0 Å². The van der Waals surface area contributed by atoms with Gasteiger partial charge in [-0.15, -0.1) is 0 Å². The lowest BCUT2D eigenvalue weighted by atomic mass is 9.80. The van der Waals surface area contributed by atoms with Crippen molar-refractivity contribution >= 4 is 22.6 Å². The predicted molar refractivity (Wildman–Crippen MR) is 131 cm³/mol. The first-order chi connectivity index (χ1) is 14.3. The molecule has 3 aromatic rings. The van der Waals surface area contributed by atoms with Gasteiger partial charge in [-0.25, -0.2) is 0 Å². The maximum atomic E-state index is 6.85. The van der Waals surface area contributed by atoms with Gasteiger partial charge in [-0.05, 0) is 41.5 Å². The number of unbranched alkanes of at least 4 members (excludes halogenated alkanes) is 4. The molecule has 0 bridgehead atoms. The molecular weight excluding hydrogens is 467 g/mol. The minimum Gasteiger partial charge on any atom is -0.467 e. The van der Waals surface area contributed by atoms with Gasteiger partial charge in [0.05, 0.1) is 0 Å². The number of hydrogen-bond acceptors (Lipinski definition) is 1. The molecule has 1 nitrogen and oxygen atoms in total. The standard InChI is InChI=1S/C27H29IO/c1-2-3-4-5-15-22-26(28)29-27(23-16-9-6-10-17-23,24-18-11-7-12-19-24)25-20-13-8-14-21-25/h6-14,16-22H,2-5,15H2,1H3/b26-22-. The molecule has 0 radical (unpaired) electrons. The van der Waals surface area contributed by atoms with Gasteiger partial charge in [0.1, 0.15) is 0 Å². The van der Waals surface area contributed by atoms with Gasteiger partial charge in [-0.1, -0.05) is 117 Å². The van der Waals surface area contributed by atoms with Crippen molar-refractivity contribution in [2.75, 3.05) is 0 Å². The van der Waals surface area contributed by atoms with Crippen LogP contribution in [-0.4, -0.2) is 0 Å². The van der Waals surface area contributed by atoms with Gasteiger partial charge in [-0.2, -0.15) is 0 Å². The van der Waals surface area contributed by atoms with Crippen LogP contribution >= 0.6 is 22.6 Å². The zero-order chi connectivity index (χ0) is 20.4. The quantitative estimate of drug-likeness (QED) is 0.119. The molecule has 0 heterocycles. The number of allylic oxidation sites excluding steroid dienone is 1. The first-order valence-electron chi connectivity index (χ1n) is 10.5. The molecule has 0 unspecified atom stereocenters. The van der Waals surface area contributed by atoms with E-state index in [-0.39, 0.29) is 0 Å². The normalized spacial score (nSPS) is 12.0. The molecule has 3 aromatic carbocycles. The highest BCUT2D eigenvalue weighted by Gasteiger charge is 2.39. The molecule has 3 rings (SSSR count). The van der Waals surface area contributed by atoms with Crippen molar-refractivity contribution in [3.8, 4) is 0 Å². The summed E-state index contributed by atoms with van der Waals surface area (Å²) < 4.78 is 7.79. The van der Waals surface area contributed by atoms with Gasteiger partial charge >= 0.3 is 0 Å². The fourth-order valence-electron chi connectivity index (χ4n) is 3.67. The molecular formula is C27H29IO. The molecule has 0 saturated carbocycles. The number of rotatable bonds is 10. The van der Waals surface area contributed by atoms with Crippen LogP contribution in [0.5, 0.6) is 0 Å². The molecule has 0 fully saturated rings. The molecule has 0 atom stereocenters. The summed E-state index contributed by atoms with van der Waals surface area (Å²) in [6, 6.07) is 31.6. The third-order valence-corrected chi connectivity index (χ3v) is 5.81. The lowest BCUT2D eigenvalue weighted by molar-refractivity contribution is 0.0933. The number of hydrogen-bond donors (Lipinski definition) is 0. The highest BCUT2D eigenvalue weighted by atomic mass is 127. The Morgan fingerprint density at radius 3 is 1.59 bits per heavy atom. The molecule has 0 saturated heterocycles. The number of benzene rings is 3. The summed E-state index contributed by atoms with van der Waals surface area (Å²) in [5.41, 5.74) is 2.71. The summed E-state index contributed by atoms with van der Waals surface area (Å²) in [6.45, 7) is 2.25. The van der Waals surface area contributed by atoms with Gasteiger partial charge in [-0.3, -0.25) is 0 Å². The highest BCUT2D eigenvalue weighted by Crippen LogP contribution is 2.43. The molecule has 0 aliphatic carbocycles. The molecule has 0 aliphatic heterocycles. The van der Waals surface area contributed by atoms with E-state index < -0.39 is 5.60 Å². The van der Waals surface area contributed by atoms with Crippen LogP contribution in [0.1, 0.15) is 55.7 Å². The van der Waals surface area contributed by atoms with E-state index in [0.717, 1.165) is 26.9 Å². The minimum atomic E-state index is -0.680. The third kappa shape index (κ3) is 5.51. The highest BCUT2D eigenvalue weighted by molar-refractivity contribution is 14.1. The van der Waals surface area contributed by atoms with Crippen molar-refractivity contribution in [2.45, 2.75) is 44.6 Å². The van der Waals surface area contributed by atoms with Crippen molar-refractivity contribution in [2.24, 2.45) is 0 Å². The van der Waals surface area contributed by atoms with E-state index in [1.807, 2.05) is 0 Å².